The first-order chi connectivity index (χ1) is 14.4. The number of hydrogen-bond donors (Lipinski definition) is 2. The van der Waals surface area contributed by atoms with Crippen LogP contribution in [0.1, 0.15) is 35.5 Å². The summed E-state index contributed by atoms with van der Waals surface area (Å²) in [5.41, 5.74) is 1.67. The molecule has 30 heavy (non-hydrogen) atoms. The molecule has 0 aliphatic heterocycles. The van der Waals surface area contributed by atoms with E-state index >= 15 is 0 Å². The second-order valence-corrected chi connectivity index (χ2v) is 8.18. The zero-order valence-electron chi connectivity index (χ0n) is 17.8. The van der Waals surface area contributed by atoms with Crippen LogP contribution in [0.15, 0.2) is 45.7 Å². The normalized spacial score (nSPS) is 11.2. The lowest BCUT2D eigenvalue weighted by molar-refractivity contribution is -0.872. The molecule has 0 amide bonds. The Bertz CT molecular complexity index is 1010. The molecule has 0 radical (unpaired) electrons. The molecular formula is C23H28NO5S+. The number of esters is 1. The minimum atomic E-state index is -0.431. The quantitative estimate of drug-likeness (QED) is 0.399. The summed E-state index contributed by atoms with van der Waals surface area (Å²) < 4.78 is 16.9. The van der Waals surface area contributed by atoms with Crippen molar-refractivity contribution in [3.05, 3.63) is 53.3 Å². The van der Waals surface area contributed by atoms with Crippen molar-refractivity contribution in [2.45, 2.75) is 31.0 Å². The number of carbonyl (C=O) groups excluding carboxylic acids is 1. The van der Waals surface area contributed by atoms with Crippen molar-refractivity contribution in [3.8, 4) is 11.5 Å². The number of phenolic OH excluding ortho intramolecular Hbond substituents is 1. The number of hydrogen-bond acceptors (Lipinski definition) is 6. The van der Waals surface area contributed by atoms with Gasteiger partial charge in [0.25, 0.3) is 0 Å². The van der Waals surface area contributed by atoms with Gasteiger partial charge in [-0.1, -0.05) is 0 Å². The highest BCUT2D eigenvalue weighted by Crippen LogP contribution is 2.37. The molecule has 2 aromatic carbocycles. The largest absolute Gasteiger partial charge is 0.507 e. The van der Waals surface area contributed by atoms with Gasteiger partial charge >= 0.3 is 5.97 Å². The second-order valence-electron chi connectivity index (χ2n) is 7.13. The number of ether oxygens (including phenoxy) is 2. The topological polar surface area (TPSA) is 73.3 Å². The Morgan fingerprint density at radius 2 is 1.83 bits per heavy atom. The van der Waals surface area contributed by atoms with Gasteiger partial charge in [0.05, 0.1) is 38.6 Å². The first-order valence-corrected chi connectivity index (χ1v) is 11.0. The number of quaternary nitrogens is 1. The minimum Gasteiger partial charge on any atom is -0.507 e. The van der Waals surface area contributed by atoms with E-state index in [0.717, 1.165) is 15.5 Å². The first-order valence-electron chi connectivity index (χ1n) is 10.0. The summed E-state index contributed by atoms with van der Waals surface area (Å²) in [4.78, 5) is 15.0. The fourth-order valence-corrected chi connectivity index (χ4v) is 4.13. The van der Waals surface area contributed by atoms with Gasteiger partial charge in [0.1, 0.15) is 35.0 Å². The summed E-state index contributed by atoms with van der Waals surface area (Å²) in [6, 6.07) is 11.1. The van der Waals surface area contributed by atoms with E-state index in [4.69, 9.17) is 13.9 Å². The Kier molecular flexibility index (Phi) is 7.29. The van der Waals surface area contributed by atoms with Crippen molar-refractivity contribution in [1.29, 1.82) is 0 Å². The van der Waals surface area contributed by atoms with Crippen LogP contribution in [0.25, 0.3) is 11.0 Å². The van der Waals surface area contributed by atoms with Gasteiger partial charge in [0, 0.05) is 10.3 Å². The van der Waals surface area contributed by atoms with Crippen molar-refractivity contribution < 1.29 is 28.7 Å². The molecule has 0 aliphatic rings. The Morgan fingerprint density at radius 3 is 2.47 bits per heavy atom. The molecule has 6 nitrogen and oxygen atoms in total. The molecule has 7 heteroatoms. The van der Waals surface area contributed by atoms with Gasteiger partial charge in [0.15, 0.2) is 0 Å². The molecule has 0 unspecified atom stereocenters. The molecule has 0 saturated heterocycles. The fourth-order valence-electron chi connectivity index (χ4n) is 3.30. The Labute approximate surface area is 180 Å². The highest BCUT2D eigenvalue weighted by atomic mass is 32.2. The molecule has 1 aromatic heterocycles. The van der Waals surface area contributed by atoms with Crippen LogP contribution in [-0.4, -0.2) is 38.4 Å². The van der Waals surface area contributed by atoms with Gasteiger partial charge < -0.3 is 23.9 Å². The van der Waals surface area contributed by atoms with E-state index in [2.05, 4.69) is 0 Å². The maximum absolute atomic E-state index is 12.8. The number of rotatable bonds is 9. The highest BCUT2D eigenvalue weighted by molar-refractivity contribution is 7.98. The Hall–Kier alpha value is -2.64. The number of benzene rings is 2. The Balaban J connectivity index is 1.98. The van der Waals surface area contributed by atoms with E-state index in [9.17, 15) is 9.90 Å². The lowest BCUT2D eigenvalue weighted by Gasteiger charge is -2.11. The molecule has 2 N–H and O–H groups in total. The number of phenols is 1. The van der Waals surface area contributed by atoms with E-state index in [1.54, 1.807) is 30.8 Å². The molecule has 0 spiro atoms. The molecule has 0 atom stereocenters. The van der Waals surface area contributed by atoms with Crippen LogP contribution in [-0.2, 0) is 17.0 Å². The van der Waals surface area contributed by atoms with Gasteiger partial charge in [-0.25, -0.2) is 4.79 Å². The summed E-state index contributed by atoms with van der Waals surface area (Å²) in [5.74, 6) is 1.55. The average molecular weight is 431 g/mol. The number of fused-ring (bicyclic) bond motifs is 1. The first kappa shape index (κ1) is 22.1. The monoisotopic (exact) mass is 430 g/mol. The molecule has 3 rings (SSSR count). The lowest BCUT2D eigenvalue weighted by Crippen LogP contribution is -3.04. The number of furan rings is 1. The number of aromatic hydroxyl groups is 1. The number of thioether (sulfide) groups is 1. The van der Waals surface area contributed by atoms with Crippen LogP contribution in [0.3, 0.4) is 0 Å². The van der Waals surface area contributed by atoms with Crippen molar-refractivity contribution in [3.63, 3.8) is 0 Å². The van der Waals surface area contributed by atoms with Crippen LogP contribution >= 0.6 is 11.8 Å². The van der Waals surface area contributed by atoms with E-state index < -0.39 is 5.97 Å². The van der Waals surface area contributed by atoms with E-state index in [1.165, 1.54) is 0 Å². The third kappa shape index (κ3) is 4.91. The Morgan fingerprint density at radius 1 is 1.10 bits per heavy atom. The smallest absolute Gasteiger partial charge is 0.342 e. The summed E-state index contributed by atoms with van der Waals surface area (Å²) in [6.45, 7) is 5.17. The van der Waals surface area contributed by atoms with Gasteiger partial charge in [0.2, 0.25) is 0 Å². The van der Waals surface area contributed by atoms with Crippen LogP contribution < -0.4 is 9.64 Å². The van der Waals surface area contributed by atoms with Crippen molar-refractivity contribution >= 4 is 28.7 Å². The van der Waals surface area contributed by atoms with Crippen molar-refractivity contribution in [1.82, 2.24) is 0 Å². The molecular weight excluding hydrogens is 402 g/mol. The standard InChI is InChI=1S/C23H27NO5S/c1-5-27-15-7-9-16(10-8-15)30-14-20-22(23(26)28-6-2)21-17(13-24(3)4)18(25)11-12-19(21)29-20/h7-12,25H,5-6,13-14H2,1-4H3/p+1. The van der Waals surface area contributed by atoms with Crippen LogP contribution in [0.2, 0.25) is 0 Å². The SMILES string of the molecule is CCOC(=O)c1c(CSc2ccc(OCC)cc2)oc2ccc(O)c(C[NH+](C)C)c12. The highest BCUT2D eigenvalue weighted by Gasteiger charge is 2.26. The van der Waals surface area contributed by atoms with Crippen LogP contribution in [0, 0.1) is 0 Å². The molecule has 160 valence electrons. The van der Waals surface area contributed by atoms with E-state index in [1.807, 2.05) is 45.3 Å². The fraction of sp³-hybridized carbons (Fsp3) is 0.348. The minimum absolute atomic E-state index is 0.153. The third-order valence-corrected chi connectivity index (χ3v) is 5.54. The zero-order chi connectivity index (χ0) is 21.7. The predicted octanol–water partition coefficient (Wildman–Crippen LogP) is 3.65. The molecule has 0 saturated carbocycles. The summed E-state index contributed by atoms with van der Waals surface area (Å²) in [5, 5.41) is 11.1. The van der Waals surface area contributed by atoms with Crippen molar-refractivity contribution in [2.24, 2.45) is 0 Å². The van der Waals surface area contributed by atoms with Crippen molar-refractivity contribution in [2.75, 3.05) is 27.3 Å². The summed E-state index contributed by atoms with van der Waals surface area (Å²) >= 11 is 1.56. The van der Waals surface area contributed by atoms with Crippen LogP contribution in [0.4, 0.5) is 0 Å². The van der Waals surface area contributed by atoms with Gasteiger partial charge in [-0.2, -0.15) is 0 Å². The van der Waals surface area contributed by atoms with Gasteiger partial charge in [-0.3, -0.25) is 0 Å². The van der Waals surface area contributed by atoms with Gasteiger partial charge in [-0.15, -0.1) is 11.8 Å². The molecule has 0 aliphatic carbocycles. The summed E-state index contributed by atoms with van der Waals surface area (Å²) in [6.07, 6.45) is 0. The molecule has 0 fully saturated rings. The lowest BCUT2D eigenvalue weighted by atomic mass is 10.0. The predicted molar refractivity (Wildman–Crippen MR) is 118 cm³/mol. The second kappa shape index (κ2) is 9.91. The zero-order valence-corrected chi connectivity index (χ0v) is 18.6. The molecule has 1 heterocycles. The van der Waals surface area contributed by atoms with E-state index in [-0.39, 0.29) is 12.4 Å². The maximum Gasteiger partial charge on any atom is 0.342 e. The van der Waals surface area contributed by atoms with E-state index in [0.29, 0.717) is 46.8 Å². The maximum atomic E-state index is 12.8. The average Bonchev–Trinajstić information content (AvgIpc) is 3.09. The molecule has 0 bridgehead atoms. The van der Waals surface area contributed by atoms with Crippen LogP contribution in [0.5, 0.6) is 11.5 Å². The molecule has 3 aromatic rings. The van der Waals surface area contributed by atoms with Gasteiger partial charge in [-0.05, 0) is 50.2 Å². The number of carbonyl (C=O) groups is 1. The summed E-state index contributed by atoms with van der Waals surface area (Å²) in [7, 11) is 3.98. The third-order valence-electron chi connectivity index (χ3n) is 4.53. The number of nitrogens with one attached hydrogen (secondary N) is 1.